The average molecular weight is 480 g/mol. The Morgan fingerprint density at radius 2 is 2.09 bits per heavy atom. The van der Waals surface area contributed by atoms with Crippen molar-refractivity contribution < 1.29 is 33.0 Å². The quantitative estimate of drug-likeness (QED) is 0.164. The number of non-ortho nitro benzene ring substituents is 1. The Kier molecular flexibility index (Phi) is 9.40. The van der Waals surface area contributed by atoms with Gasteiger partial charge in [0.05, 0.1) is 35.7 Å². The van der Waals surface area contributed by atoms with Crippen molar-refractivity contribution in [2.45, 2.75) is 19.8 Å². The van der Waals surface area contributed by atoms with E-state index in [0.717, 1.165) is 0 Å². The van der Waals surface area contributed by atoms with E-state index in [2.05, 4.69) is 10.3 Å². The van der Waals surface area contributed by atoms with Gasteiger partial charge >= 0.3 is 11.9 Å². The minimum atomic E-state index is -1.50. The van der Waals surface area contributed by atoms with Gasteiger partial charge in [-0.25, -0.2) is 4.79 Å². The van der Waals surface area contributed by atoms with Crippen LogP contribution in [0.15, 0.2) is 40.5 Å². The number of nitro benzene ring substituents is 1. The van der Waals surface area contributed by atoms with E-state index in [-0.39, 0.29) is 41.6 Å². The molecule has 12 heteroatoms. The van der Waals surface area contributed by atoms with Gasteiger partial charge in [-0.2, -0.15) is 0 Å². The van der Waals surface area contributed by atoms with Crippen molar-refractivity contribution in [3.05, 3.63) is 51.2 Å². The Morgan fingerprint density at radius 1 is 1.36 bits per heavy atom. The van der Waals surface area contributed by atoms with E-state index >= 15 is 0 Å². The normalized spacial score (nSPS) is 18.7. The molecule has 0 bridgehead atoms. The third-order valence-electron chi connectivity index (χ3n) is 4.96. The topological polar surface area (TPSA) is 154 Å². The molecular formula is C21H25N3O8S. The van der Waals surface area contributed by atoms with Crippen LogP contribution in [0.25, 0.3) is 0 Å². The van der Waals surface area contributed by atoms with Gasteiger partial charge in [0, 0.05) is 46.9 Å². The largest absolute Gasteiger partial charge is 0.468 e. The second-order valence-electron chi connectivity index (χ2n) is 7.02. The van der Waals surface area contributed by atoms with Gasteiger partial charge < -0.3 is 14.8 Å². The predicted molar refractivity (Wildman–Crippen MR) is 120 cm³/mol. The van der Waals surface area contributed by atoms with Crippen molar-refractivity contribution in [2.75, 3.05) is 31.8 Å². The maximum atomic E-state index is 13.0. The molecule has 1 aromatic rings. The van der Waals surface area contributed by atoms with Crippen LogP contribution in [0, 0.1) is 16.0 Å². The highest BCUT2D eigenvalue weighted by Crippen LogP contribution is 2.41. The molecule has 1 N–H and O–H groups in total. The zero-order valence-corrected chi connectivity index (χ0v) is 19.3. The van der Waals surface area contributed by atoms with E-state index in [1.54, 1.807) is 19.9 Å². The average Bonchev–Trinajstić information content (AvgIpc) is 2.78. The van der Waals surface area contributed by atoms with Crippen molar-refractivity contribution in [3.8, 4) is 0 Å². The molecule has 0 aliphatic carbocycles. The molecule has 11 nitrogen and oxygen atoms in total. The lowest BCUT2D eigenvalue weighted by Gasteiger charge is -2.31. The number of aliphatic imine (C=N–C) groups is 1. The fourth-order valence-corrected chi connectivity index (χ4v) is 4.59. The number of methoxy groups -OCH3 is 1. The SMILES string of the molecule is CCOC(=O)C1=C(CS(=O)CCNC=O)N=C(C)C(C(=O)OC)C1c1cccc([N+](=O)[O-])c1. The molecule has 1 heterocycles. The van der Waals surface area contributed by atoms with Crippen LogP contribution in [-0.4, -0.2) is 65.0 Å². The molecule has 3 unspecified atom stereocenters. The van der Waals surface area contributed by atoms with E-state index in [4.69, 9.17) is 9.47 Å². The third-order valence-corrected chi connectivity index (χ3v) is 6.22. The van der Waals surface area contributed by atoms with Crippen LogP contribution in [0.5, 0.6) is 0 Å². The molecule has 3 atom stereocenters. The van der Waals surface area contributed by atoms with Gasteiger partial charge in [-0.1, -0.05) is 12.1 Å². The smallest absolute Gasteiger partial charge is 0.336 e. The first kappa shape index (κ1) is 25.8. The molecule has 1 aliphatic rings. The number of esters is 2. The predicted octanol–water partition coefficient (Wildman–Crippen LogP) is 1.25. The van der Waals surface area contributed by atoms with Crippen LogP contribution in [0.1, 0.15) is 25.3 Å². The molecule has 178 valence electrons. The number of rotatable bonds is 11. The van der Waals surface area contributed by atoms with Gasteiger partial charge in [0.2, 0.25) is 6.41 Å². The van der Waals surface area contributed by atoms with Crippen LogP contribution in [0.2, 0.25) is 0 Å². The van der Waals surface area contributed by atoms with Crippen LogP contribution in [-0.2, 0) is 34.7 Å². The second-order valence-corrected chi connectivity index (χ2v) is 8.60. The first-order valence-corrected chi connectivity index (χ1v) is 11.5. The highest BCUT2D eigenvalue weighted by molar-refractivity contribution is 7.85. The van der Waals surface area contributed by atoms with E-state index < -0.39 is 39.5 Å². The molecule has 0 spiro atoms. The molecule has 0 saturated heterocycles. The van der Waals surface area contributed by atoms with Crippen molar-refractivity contribution in [1.82, 2.24) is 5.32 Å². The monoisotopic (exact) mass is 479 g/mol. The van der Waals surface area contributed by atoms with Crippen LogP contribution in [0.3, 0.4) is 0 Å². The number of carbonyl (C=O) groups is 3. The molecule has 1 amide bonds. The third kappa shape index (κ3) is 6.31. The Bertz CT molecular complexity index is 1020. The number of ether oxygens (including phenoxy) is 2. The standard InChI is InChI=1S/C21H25N3O8S/c1-4-32-21(27)19-16(11-33(30)9-8-22-12-25)23-13(2)17(20(26)31-3)18(19)14-6-5-7-15(10-14)24(28)29/h5-7,10,12,17-18H,4,8-9,11H2,1-3H3,(H,22,25). The van der Waals surface area contributed by atoms with Gasteiger partial charge in [-0.3, -0.25) is 28.9 Å². The molecular weight excluding hydrogens is 454 g/mol. The van der Waals surface area contributed by atoms with Crippen LogP contribution in [0.4, 0.5) is 5.69 Å². The molecule has 0 aromatic heterocycles. The summed E-state index contributed by atoms with van der Waals surface area (Å²) in [7, 11) is -0.308. The number of nitrogens with zero attached hydrogens (tertiary/aromatic N) is 2. The number of hydrogen-bond donors (Lipinski definition) is 1. The molecule has 1 aromatic carbocycles. The van der Waals surface area contributed by atoms with E-state index in [0.29, 0.717) is 17.7 Å². The molecule has 0 radical (unpaired) electrons. The maximum Gasteiger partial charge on any atom is 0.336 e. The van der Waals surface area contributed by atoms with E-state index in [9.17, 15) is 28.7 Å². The highest BCUT2D eigenvalue weighted by atomic mass is 32.2. The van der Waals surface area contributed by atoms with Crippen molar-refractivity contribution in [2.24, 2.45) is 10.9 Å². The maximum absolute atomic E-state index is 13.0. The highest BCUT2D eigenvalue weighted by Gasteiger charge is 2.43. The molecule has 0 saturated carbocycles. The summed E-state index contributed by atoms with van der Waals surface area (Å²) in [6.45, 7) is 3.39. The first-order valence-electron chi connectivity index (χ1n) is 10.0. The minimum Gasteiger partial charge on any atom is -0.468 e. The second kappa shape index (κ2) is 12.0. The van der Waals surface area contributed by atoms with Crippen LogP contribution >= 0.6 is 0 Å². The lowest BCUT2D eigenvalue weighted by molar-refractivity contribution is -0.384. The van der Waals surface area contributed by atoms with E-state index in [1.807, 2.05) is 0 Å². The molecule has 0 fully saturated rings. The number of amides is 1. The Hall–Kier alpha value is -3.41. The van der Waals surface area contributed by atoms with Gasteiger partial charge in [0.25, 0.3) is 5.69 Å². The number of carbonyl (C=O) groups excluding carboxylic acids is 3. The van der Waals surface area contributed by atoms with Crippen molar-refractivity contribution in [3.63, 3.8) is 0 Å². The van der Waals surface area contributed by atoms with Crippen molar-refractivity contribution >= 4 is 40.5 Å². The number of hydrogen-bond acceptors (Lipinski definition) is 9. The lowest BCUT2D eigenvalue weighted by Crippen LogP contribution is -2.37. The van der Waals surface area contributed by atoms with Gasteiger partial charge in [-0.05, 0) is 19.4 Å². The van der Waals surface area contributed by atoms with Gasteiger partial charge in [0.1, 0.15) is 5.92 Å². The van der Waals surface area contributed by atoms with Crippen molar-refractivity contribution in [1.29, 1.82) is 0 Å². The fourth-order valence-electron chi connectivity index (χ4n) is 3.57. The summed E-state index contributed by atoms with van der Waals surface area (Å²) in [5, 5.41) is 13.8. The minimum absolute atomic E-state index is 0.00459. The molecule has 2 rings (SSSR count). The Labute approximate surface area is 192 Å². The number of benzene rings is 1. The summed E-state index contributed by atoms with van der Waals surface area (Å²) in [5.74, 6) is -3.48. The van der Waals surface area contributed by atoms with Gasteiger partial charge in [-0.15, -0.1) is 0 Å². The summed E-state index contributed by atoms with van der Waals surface area (Å²) in [4.78, 5) is 51.3. The lowest BCUT2D eigenvalue weighted by atomic mass is 9.75. The number of nitro groups is 1. The molecule has 33 heavy (non-hydrogen) atoms. The molecule has 1 aliphatic heterocycles. The summed E-state index contributed by atoms with van der Waals surface area (Å²) >= 11 is 0. The zero-order chi connectivity index (χ0) is 24.5. The Morgan fingerprint density at radius 3 is 2.70 bits per heavy atom. The number of nitrogens with one attached hydrogen (secondary N) is 1. The summed E-state index contributed by atoms with van der Waals surface area (Å²) in [5.41, 5.74) is 0.568. The van der Waals surface area contributed by atoms with Crippen LogP contribution < -0.4 is 5.32 Å². The summed E-state index contributed by atoms with van der Waals surface area (Å²) < 4.78 is 22.7. The Balaban J connectivity index is 2.67. The first-order chi connectivity index (χ1) is 15.7. The van der Waals surface area contributed by atoms with Gasteiger partial charge in [0.15, 0.2) is 0 Å². The summed E-state index contributed by atoms with van der Waals surface area (Å²) in [6.07, 6.45) is 0.489. The zero-order valence-electron chi connectivity index (χ0n) is 18.4. The fraction of sp³-hybridized carbons (Fsp3) is 0.429. The summed E-state index contributed by atoms with van der Waals surface area (Å²) in [6, 6.07) is 5.59. The van der Waals surface area contributed by atoms with E-state index in [1.165, 1.54) is 25.3 Å².